The smallest absolute Gasteiger partial charge is 0.274 e. The molecule has 2 rings (SSSR count). The number of nitro groups is 1. The van der Waals surface area contributed by atoms with E-state index in [2.05, 4.69) is 10.2 Å². The fourth-order valence-corrected chi connectivity index (χ4v) is 2.92. The zero-order valence-electron chi connectivity index (χ0n) is 11.9. The van der Waals surface area contributed by atoms with Gasteiger partial charge >= 0.3 is 0 Å². The summed E-state index contributed by atoms with van der Waals surface area (Å²) in [4.78, 5) is 13.2. The molecule has 1 aromatic carbocycles. The zero-order chi connectivity index (χ0) is 15.2. The van der Waals surface area contributed by atoms with Crippen molar-refractivity contribution in [1.29, 1.82) is 0 Å². The first-order chi connectivity index (χ1) is 10.1. The van der Waals surface area contributed by atoms with Crippen LogP contribution in [0.5, 0.6) is 0 Å². The van der Waals surface area contributed by atoms with Gasteiger partial charge in [-0.05, 0) is 38.1 Å². The highest BCUT2D eigenvalue weighted by molar-refractivity contribution is 6.30. The van der Waals surface area contributed by atoms with Crippen molar-refractivity contribution >= 4 is 17.3 Å². The highest BCUT2D eigenvalue weighted by atomic mass is 35.5. The summed E-state index contributed by atoms with van der Waals surface area (Å²) < 4.78 is 0. The first-order valence-electron chi connectivity index (χ1n) is 7.22. The first-order valence-corrected chi connectivity index (χ1v) is 7.60. The molecule has 1 aliphatic heterocycles. The minimum Gasteiger partial charge on any atom is -0.330 e. The van der Waals surface area contributed by atoms with Gasteiger partial charge in [-0.3, -0.25) is 15.0 Å². The molecular formula is C14H21ClN4O2. The van der Waals surface area contributed by atoms with Crippen LogP contribution in [0.3, 0.4) is 0 Å². The van der Waals surface area contributed by atoms with Gasteiger partial charge in [0.1, 0.15) is 0 Å². The lowest BCUT2D eigenvalue weighted by molar-refractivity contribution is -0.386. The van der Waals surface area contributed by atoms with Crippen LogP contribution in [-0.4, -0.2) is 42.5 Å². The molecule has 3 N–H and O–H groups in total. The van der Waals surface area contributed by atoms with E-state index in [1.54, 1.807) is 12.1 Å². The van der Waals surface area contributed by atoms with E-state index in [-0.39, 0.29) is 16.7 Å². The quantitative estimate of drug-likeness (QED) is 0.476. The van der Waals surface area contributed by atoms with E-state index in [4.69, 9.17) is 17.3 Å². The fourth-order valence-electron chi connectivity index (χ4n) is 2.74. The molecule has 1 heterocycles. The largest absolute Gasteiger partial charge is 0.330 e. The molecule has 0 bridgehead atoms. The summed E-state index contributed by atoms with van der Waals surface area (Å²) in [6.07, 6.45) is 1.97. The molecule has 0 amide bonds. The number of nitrogens with two attached hydrogens (primary N) is 1. The Kier molecular flexibility index (Phi) is 5.93. The maximum Gasteiger partial charge on any atom is 0.274 e. The number of benzene rings is 1. The van der Waals surface area contributed by atoms with Crippen LogP contribution in [0.1, 0.15) is 24.4 Å². The van der Waals surface area contributed by atoms with Crippen LogP contribution >= 0.6 is 11.6 Å². The van der Waals surface area contributed by atoms with Crippen molar-refractivity contribution in [2.45, 2.75) is 18.9 Å². The Hall–Kier alpha value is -1.21. The van der Waals surface area contributed by atoms with Gasteiger partial charge in [-0.15, -0.1) is 0 Å². The minimum absolute atomic E-state index is 0.0179. The maximum absolute atomic E-state index is 11.2. The number of hydrogen-bond donors (Lipinski definition) is 2. The van der Waals surface area contributed by atoms with Crippen LogP contribution in [0.25, 0.3) is 0 Å². The summed E-state index contributed by atoms with van der Waals surface area (Å²) in [5, 5.41) is 15.1. The second-order valence-electron chi connectivity index (χ2n) is 5.21. The molecule has 6 nitrogen and oxygen atoms in total. The van der Waals surface area contributed by atoms with Gasteiger partial charge in [0.05, 0.1) is 11.0 Å². The molecule has 0 saturated carbocycles. The number of rotatable bonds is 6. The second kappa shape index (κ2) is 7.70. The van der Waals surface area contributed by atoms with Crippen LogP contribution in [0.4, 0.5) is 5.69 Å². The SMILES string of the molecule is NCCCCN1CCNCC1c1cc(Cl)ccc1[N+](=O)[O-]. The van der Waals surface area contributed by atoms with Gasteiger partial charge in [-0.1, -0.05) is 11.6 Å². The van der Waals surface area contributed by atoms with Crippen molar-refractivity contribution in [2.75, 3.05) is 32.7 Å². The van der Waals surface area contributed by atoms with Gasteiger partial charge in [-0.2, -0.15) is 0 Å². The van der Waals surface area contributed by atoms with Crippen molar-refractivity contribution in [3.8, 4) is 0 Å². The van der Waals surface area contributed by atoms with Crippen molar-refractivity contribution < 1.29 is 4.92 Å². The van der Waals surface area contributed by atoms with Gasteiger partial charge in [0.15, 0.2) is 0 Å². The maximum atomic E-state index is 11.2. The van der Waals surface area contributed by atoms with Crippen molar-refractivity contribution in [3.05, 3.63) is 38.9 Å². The molecule has 0 aliphatic carbocycles. The Labute approximate surface area is 129 Å². The van der Waals surface area contributed by atoms with E-state index in [1.807, 2.05) is 0 Å². The van der Waals surface area contributed by atoms with Gasteiger partial charge in [0.25, 0.3) is 5.69 Å². The Bertz CT molecular complexity index is 498. The number of halogens is 1. The number of nitrogens with zero attached hydrogens (tertiary/aromatic N) is 2. The third-order valence-electron chi connectivity index (χ3n) is 3.80. The van der Waals surface area contributed by atoms with Crippen molar-refractivity contribution in [1.82, 2.24) is 10.2 Å². The molecule has 0 spiro atoms. The third kappa shape index (κ3) is 4.14. The van der Waals surface area contributed by atoms with Gasteiger partial charge in [0, 0.05) is 36.3 Å². The molecule has 1 fully saturated rings. The lowest BCUT2D eigenvalue weighted by atomic mass is 10.0. The standard InChI is InChI=1S/C14H21ClN4O2/c15-11-3-4-13(19(20)21)12(9-11)14-10-17-6-8-18(14)7-2-1-5-16/h3-4,9,14,17H,1-2,5-8,10,16H2. The molecule has 1 aliphatic rings. The minimum atomic E-state index is -0.335. The van der Waals surface area contributed by atoms with Crippen LogP contribution in [0, 0.1) is 10.1 Å². The lowest BCUT2D eigenvalue weighted by Crippen LogP contribution is -2.46. The Morgan fingerprint density at radius 2 is 2.29 bits per heavy atom. The summed E-state index contributed by atoms with van der Waals surface area (Å²) in [7, 11) is 0. The van der Waals surface area contributed by atoms with Crippen molar-refractivity contribution in [2.24, 2.45) is 5.73 Å². The van der Waals surface area contributed by atoms with Crippen LogP contribution < -0.4 is 11.1 Å². The van der Waals surface area contributed by atoms with E-state index < -0.39 is 0 Å². The Balaban J connectivity index is 2.24. The second-order valence-corrected chi connectivity index (χ2v) is 5.65. The monoisotopic (exact) mass is 312 g/mol. The molecule has 1 unspecified atom stereocenters. The number of piperazine rings is 1. The summed E-state index contributed by atoms with van der Waals surface area (Å²) in [6.45, 7) is 4.04. The highest BCUT2D eigenvalue weighted by Crippen LogP contribution is 2.32. The van der Waals surface area contributed by atoms with E-state index in [1.165, 1.54) is 6.07 Å². The molecule has 0 aromatic heterocycles. The molecule has 116 valence electrons. The van der Waals surface area contributed by atoms with Crippen molar-refractivity contribution in [3.63, 3.8) is 0 Å². The van der Waals surface area contributed by atoms with Gasteiger partial charge < -0.3 is 11.1 Å². The number of nitrogens with one attached hydrogen (secondary N) is 1. The van der Waals surface area contributed by atoms with E-state index >= 15 is 0 Å². The predicted molar refractivity (Wildman–Crippen MR) is 83.6 cm³/mol. The third-order valence-corrected chi connectivity index (χ3v) is 4.03. The first kappa shape index (κ1) is 16.2. The average molecular weight is 313 g/mol. The number of hydrogen-bond acceptors (Lipinski definition) is 5. The lowest BCUT2D eigenvalue weighted by Gasteiger charge is -2.36. The van der Waals surface area contributed by atoms with E-state index in [0.29, 0.717) is 23.7 Å². The average Bonchev–Trinajstić information content (AvgIpc) is 2.47. The summed E-state index contributed by atoms with van der Waals surface area (Å²) in [5.74, 6) is 0. The Morgan fingerprint density at radius 1 is 1.48 bits per heavy atom. The number of unbranched alkanes of at least 4 members (excludes halogenated alkanes) is 1. The highest BCUT2D eigenvalue weighted by Gasteiger charge is 2.29. The van der Waals surface area contributed by atoms with E-state index in [0.717, 1.165) is 32.5 Å². The summed E-state index contributed by atoms with van der Waals surface area (Å²) >= 11 is 6.04. The number of nitro benzene ring substituents is 1. The molecule has 7 heteroatoms. The molecule has 1 aromatic rings. The van der Waals surface area contributed by atoms with Crippen LogP contribution in [-0.2, 0) is 0 Å². The normalized spacial score (nSPS) is 19.6. The molecule has 1 saturated heterocycles. The predicted octanol–water partition coefficient (Wildman–Crippen LogP) is 1.93. The fraction of sp³-hybridized carbons (Fsp3) is 0.571. The zero-order valence-corrected chi connectivity index (χ0v) is 12.7. The topological polar surface area (TPSA) is 84.4 Å². The van der Waals surface area contributed by atoms with Gasteiger partial charge in [0.2, 0.25) is 0 Å². The Morgan fingerprint density at radius 3 is 3.00 bits per heavy atom. The van der Waals surface area contributed by atoms with Crippen LogP contribution in [0.15, 0.2) is 18.2 Å². The van der Waals surface area contributed by atoms with Crippen LogP contribution in [0.2, 0.25) is 5.02 Å². The molecule has 1 atom stereocenters. The summed E-state index contributed by atoms with van der Waals surface area (Å²) in [6, 6.07) is 4.76. The van der Waals surface area contributed by atoms with Gasteiger partial charge in [-0.25, -0.2) is 0 Å². The molecule has 0 radical (unpaired) electrons. The summed E-state index contributed by atoms with van der Waals surface area (Å²) in [5.41, 5.74) is 6.36. The molecule has 21 heavy (non-hydrogen) atoms. The van der Waals surface area contributed by atoms with E-state index in [9.17, 15) is 10.1 Å². The molecular weight excluding hydrogens is 292 g/mol.